The monoisotopic (exact) mass is 308 g/mol. The minimum Gasteiger partial charge on any atom is -0.484 e. The molecule has 1 fully saturated rings. The molecule has 5 nitrogen and oxygen atoms in total. The Balaban J connectivity index is 1.78. The predicted octanol–water partition coefficient (Wildman–Crippen LogP) is 1.34. The van der Waals surface area contributed by atoms with E-state index in [1.54, 1.807) is 36.2 Å². The van der Waals surface area contributed by atoms with Crippen molar-refractivity contribution in [3.63, 3.8) is 0 Å². The molecule has 0 radical (unpaired) electrons. The van der Waals surface area contributed by atoms with E-state index in [0.717, 1.165) is 25.0 Å². The van der Waals surface area contributed by atoms with Gasteiger partial charge in [-0.15, -0.1) is 0 Å². The van der Waals surface area contributed by atoms with Crippen molar-refractivity contribution in [3.05, 3.63) is 29.8 Å². The molecule has 2 N–H and O–H groups in total. The molecule has 6 heteroatoms. The fourth-order valence-electron chi connectivity index (χ4n) is 2.17. The number of thiocarbonyl (C=S) groups is 1. The Kier molecular flexibility index (Phi) is 5.52. The fourth-order valence-corrected chi connectivity index (χ4v) is 2.30. The number of hydrogen-bond acceptors (Lipinski definition) is 4. The Morgan fingerprint density at radius 2 is 2.19 bits per heavy atom. The number of ether oxygens (including phenoxy) is 2. The average Bonchev–Trinajstić information content (AvgIpc) is 2.98. The largest absolute Gasteiger partial charge is 0.484 e. The third kappa shape index (κ3) is 4.68. The van der Waals surface area contributed by atoms with Crippen molar-refractivity contribution in [3.8, 4) is 5.75 Å². The summed E-state index contributed by atoms with van der Waals surface area (Å²) in [5, 5.41) is 0. The number of carbonyl (C=O) groups is 1. The molecule has 2 rings (SSSR count). The average molecular weight is 308 g/mol. The summed E-state index contributed by atoms with van der Waals surface area (Å²) >= 11 is 4.88. The molecule has 0 saturated carbocycles. The van der Waals surface area contributed by atoms with E-state index in [1.165, 1.54) is 0 Å². The Labute approximate surface area is 130 Å². The van der Waals surface area contributed by atoms with E-state index in [2.05, 4.69) is 0 Å². The highest BCUT2D eigenvalue weighted by Crippen LogP contribution is 2.14. The van der Waals surface area contributed by atoms with Gasteiger partial charge in [-0.05, 0) is 37.1 Å². The van der Waals surface area contributed by atoms with Gasteiger partial charge < -0.3 is 20.1 Å². The van der Waals surface area contributed by atoms with Crippen LogP contribution in [0, 0.1) is 0 Å². The van der Waals surface area contributed by atoms with Gasteiger partial charge in [-0.1, -0.05) is 12.2 Å². The second kappa shape index (κ2) is 7.38. The normalized spacial score (nSPS) is 17.5. The van der Waals surface area contributed by atoms with Crippen LogP contribution in [0.1, 0.15) is 18.4 Å². The smallest absolute Gasteiger partial charge is 0.260 e. The second-order valence-corrected chi connectivity index (χ2v) is 5.53. The maximum absolute atomic E-state index is 12.0. The van der Waals surface area contributed by atoms with Gasteiger partial charge in [0.15, 0.2) is 6.61 Å². The maximum atomic E-state index is 12.0. The minimum atomic E-state index is -0.0658. The topological polar surface area (TPSA) is 64.8 Å². The Bertz CT molecular complexity index is 498. The molecule has 1 heterocycles. The number of nitrogens with two attached hydrogens (primary N) is 1. The van der Waals surface area contributed by atoms with Crippen LogP contribution in [0.15, 0.2) is 24.3 Å². The van der Waals surface area contributed by atoms with Gasteiger partial charge in [0.25, 0.3) is 5.91 Å². The highest BCUT2D eigenvalue weighted by Gasteiger charge is 2.20. The van der Waals surface area contributed by atoms with Crippen LogP contribution in [0.5, 0.6) is 5.75 Å². The van der Waals surface area contributed by atoms with Crippen molar-refractivity contribution < 1.29 is 14.3 Å². The first kappa shape index (κ1) is 15.7. The van der Waals surface area contributed by atoms with Crippen LogP contribution in [-0.2, 0) is 9.53 Å². The standard InChI is InChI=1S/C15H20N2O3S/c1-17(9-13-3-2-8-19-13)14(18)10-20-12-6-4-11(5-7-12)15(16)21/h4-7,13H,2-3,8-10H2,1H3,(H2,16,21). The zero-order valence-corrected chi connectivity index (χ0v) is 12.9. The lowest BCUT2D eigenvalue weighted by Crippen LogP contribution is -2.37. The van der Waals surface area contributed by atoms with Crippen molar-refractivity contribution in [1.82, 2.24) is 4.90 Å². The summed E-state index contributed by atoms with van der Waals surface area (Å²) in [7, 11) is 1.77. The van der Waals surface area contributed by atoms with E-state index in [0.29, 0.717) is 17.3 Å². The molecule has 1 aliphatic rings. The zero-order valence-electron chi connectivity index (χ0n) is 12.1. The minimum absolute atomic E-state index is 0.00956. The van der Waals surface area contributed by atoms with E-state index >= 15 is 0 Å². The van der Waals surface area contributed by atoms with E-state index < -0.39 is 0 Å². The number of rotatable bonds is 6. The Morgan fingerprint density at radius 1 is 1.48 bits per heavy atom. The maximum Gasteiger partial charge on any atom is 0.260 e. The molecular weight excluding hydrogens is 288 g/mol. The van der Waals surface area contributed by atoms with E-state index in [-0.39, 0.29) is 18.6 Å². The first-order valence-electron chi connectivity index (χ1n) is 6.94. The molecule has 0 spiro atoms. The quantitative estimate of drug-likeness (QED) is 0.803. The van der Waals surface area contributed by atoms with E-state index in [9.17, 15) is 4.79 Å². The summed E-state index contributed by atoms with van der Waals surface area (Å²) in [5.41, 5.74) is 6.30. The molecule has 0 aliphatic carbocycles. The molecule has 0 bridgehead atoms. The summed E-state index contributed by atoms with van der Waals surface area (Å²) in [6, 6.07) is 7.06. The van der Waals surface area contributed by atoms with E-state index in [1.807, 2.05) is 0 Å². The van der Waals surface area contributed by atoms with Gasteiger partial charge in [0.1, 0.15) is 10.7 Å². The molecule has 1 saturated heterocycles. The zero-order chi connectivity index (χ0) is 15.2. The molecule has 1 aliphatic heterocycles. The number of nitrogens with zero attached hydrogens (tertiary/aromatic N) is 1. The summed E-state index contributed by atoms with van der Waals surface area (Å²) in [6.07, 6.45) is 2.24. The van der Waals surface area contributed by atoms with Gasteiger partial charge in [-0.2, -0.15) is 0 Å². The summed E-state index contributed by atoms with van der Waals surface area (Å²) in [5.74, 6) is 0.554. The lowest BCUT2D eigenvalue weighted by molar-refractivity contribution is -0.133. The molecule has 21 heavy (non-hydrogen) atoms. The van der Waals surface area contributed by atoms with Crippen LogP contribution >= 0.6 is 12.2 Å². The first-order chi connectivity index (χ1) is 10.1. The van der Waals surface area contributed by atoms with Crippen LogP contribution in [0.3, 0.4) is 0 Å². The van der Waals surface area contributed by atoms with Gasteiger partial charge in [-0.25, -0.2) is 0 Å². The predicted molar refractivity (Wildman–Crippen MR) is 84.4 cm³/mol. The third-order valence-electron chi connectivity index (χ3n) is 3.43. The molecule has 114 valence electrons. The van der Waals surface area contributed by atoms with Crippen molar-refractivity contribution in [1.29, 1.82) is 0 Å². The van der Waals surface area contributed by atoms with Gasteiger partial charge in [-0.3, -0.25) is 4.79 Å². The number of benzene rings is 1. The lowest BCUT2D eigenvalue weighted by atomic mass is 10.2. The highest BCUT2D eigenvalue weighted by atomic mass is 32.1. The summed E-state index contributed by atoms with van der Waals surface area (Å²) in [6.45, 7) is 1.41. The SMILES string of the molecule is CN(CC1CCCO1)C(=O)COc1ccc(C(N)=S)cc1. The first-order valence-corrected chi connectivity index (χ1v) is 7.35. The number of likely N-dealkylation sites (N-methyl/N-ethyl adjacent to an activating group) is 1. The van der Waals surface area contributed by atoms with Crippen molar-refractivity contribution in [2.24, 2.45) is 5.73 Å². The summed E-state index contributed by atoms with van der Waals surface area (Å²) < 4.78 is 11.0. The molecule has 1 atom stereocenters. The number of hydrogen-bond donors (Lipinski definition) is 1. The molecular formula is C15H20N2O3S. The second-order valence-electron chi connectivity index (χ2n) is 5.09. The van der Waals surface area contributed by atoms with Crippen LogP contribution < -0.4 is 10.5 Å². The fraction of sp³-hybridized carbons (Fsp3) is 0.467. The van der Waals surface area contributed by atoms with Gasteiger partial charge in [0.2, 0.25) is 0 Å². The van der Waals surface area contributed by atoms with Crippen LogP contribution in [-0.4, -0.2) is 48.7 Å². The molecule has 1 aromatic carbocycles. The van der Waals surface area contributed by atoms with Crippen molar-refractivity contribution >= 4 is 23.1 Å². The number of carbonyl (C=O) groups excluding carboxylic acids is 1. The van der Waals surface area contributed by atoms with Crippen molar-refractivity contribution in [2.75, 3.05) is 26.8 Å². The van der Waals surface area contributed by atoms with Gasteiger partial charge in [0, 0.05) is 25.8 Å². The van der Waals surface area contributed by atoms with Gasteiger partial charge in [0.05, 0.1) is 6.10 Å². The van der Waals surface area contributed by atoms with Crippen LogP contribution in [0.2, 0.25) is 0 Å². The van der Waals surface area contributed by atoms with Crippen LogP contribution in [0.4, 0.5) is 0 Å². The van der Waals surface area contributed by atoms with Crippen molar-refractivity contribution in [2.45, 2.75) is 18.9 Å². The van der Waals surface area contributed by atoms with E-state index in [4.69, 9.17) is 27.4 Å². The third-order valence-corrected chi connectivity index (χ3v) is 3.66. The Hall–Kier alpha value is -1.66. The Morgan fingerprint density at radius 3 is 2.76 bits per heavy atom. The molecule has 1 aromatic rings. The lowest BCUT2D eigenvalue weighted by Gasteiger charge is -2.20. The van der Waals surface area contributed by atoms with Crippen LogP contribution in [0.25, 0.3) is 0 Å². The molecule has 1 amide bonds. The molecule has 0 aromatic heterocycles. The molecule has 1 unspecified atom stereocenters. The summed E-state index contributed by atoms with van der Waals surface area (Å²) in [4.78, 5) is 14.0. The highest BCUT2D eigenvalue weighted by molar-refractivity contribution is 7.80. The van der Waals surface area contributed by atoms with Gasteiger partial charge >= 0.3 is 0 Å². The number of amides is 1.